The van der Waals surface area contributed by atoms with E-state index in [1.165, 1.54) is 18.4 Å². The number of hydrogen-bond donors (Lipinski definition) is 3. The van der Waals surface area contributed by atoms with Gasteiger partial charge in [-0.25, -0.2) is 0 Å². The molecular formula is C14H26N2O. The van der Waals surface area contributed by atoms with Crippen molar-refractivity contribution in [1.82, 2.24) is 5.32 Å². The van der Waals surface area contributed by atoms with E-state index in [1.807, 2.05) is 6.92 Å². The molecule has 0 bridgehead atoms. The van der Waals surface area contributed by atoms with Crippen LogP contribution in [-0.4, -0.2) is 25.3 Å². The van der Waals surface area contributed by atoms with Gasteiger partial charge in [-0.3, -0.25) is 0 Å². The topological polar surface area (TPSA) is 58.3 Å². The fourth-order valence-electron chi connectivity index (χ4n) is 1.50. The Kier molecular flexibility index (Phi) is 9.49. The number of unbranched alkanes of at least 4 members (excludes halogenated alkanes) is 1. The first-order valence-corrected chi connectivity index (χ1v) is 6.24. The molecule has 0 heterocycles. The summed E-state index contributed by atoms with van der Waals surface area (Å²) in [6.07, 6.45) is 3.58. The predicted molar refractivity (Wildman–Crippen MR) is 75.2 cm³/mol. The Hall–Kier alpha value is -1.06. The first kappa shape index (κ1) is 15.9. The van der Waals surface area contributed by atoms with Crippen LogP contribution >= 0.6 is 0 Å². The molecule has 4 N–H and O–H groups in total. The van der Waals surface area contributed by atoms with Crippen LogP contribution < -0.4 is 11.1 Å². The number of benzene rings is 1. The molecule has 3 heteroatoms. The van der Waals surface area contributed by atoms with Gasteiger partial charge in [0.2, 0.25) is 0 Å². The average molecular weight is 238 g/mol. The number of anilines is 1. The Labute approximate surface area is 105 Å². The van der Waals surface area contributed by atoms with Crippen LogP contribution in [0.25, 0.3) is 0 Å². The van der Waals surface area contributed by atoms with Crippen LogP contribution in [0.4, 0.5) is 5.69 Å². The highest BCUT2D eigenvalue weighted by Gasteiger charge is 1.96. The maximum atomic E-state index is 7.00. The van der Waals surface area contributed by atoms with Crippen molar-refractivity contribution in [2.45, 2.75) is 33.1 Å². The highest BCUT2D eigenvalue weighted by Crippen LogP contribution is 2.12. The van der Waals surface area contributed by atoms with Crippen molar-refractivity contribution in [1.29, 1.82) is 0 Å². The van der Waals surface area contributed by atoms with Gasteiger partial charge in [0, 0.05) is 12.8 Å². The van der Waals surface area contributed by atoms with Gasteiger partial charge < -0.3 is 16.2 Å². The predicted octanol–water partition coefficient (Wildman–Crippen LogP) is 2.12. The molecule has 0 aliphatic carbocycles. The second kappa shape index (κ2) is 10.1. The summed E-state index contributed by atoms with van der Waals surface area (Å²) in [7, 11) is 1.00. The van der Waals surface area contributed by atoms with E-state index in [4.69, 9.17) is 10.8 Å². The van der Waals surface area contributed by atoms with Crippen molar-refractivity contribution in [3.63, 3.8) is 0 Å². The van der Waals surface area contributed by atoms with Gasteiger partial charge in [-0.2, -0.15) is 0 Å². The number of aliphatic hydroxyl groups excluding tert-OH is 1. The number of aryl methyl sites for hydroxylation is 1. The molecule has 1 aromatic carbocycles. The van der Waals surface area contributed by atoms with Gasteiger partial charge in [0.1, 0.15) is 0 Å². The van der Waals surface area contributed by atoms with Crippen LogP contribution in [0.3, 0.4) is 0 Å². The lowest BCUT2D eigenvalue weighted by Gasteiger charge is -2.06. The standard InChI is InChI=1S/C13H22N2.CH4O/c1-3-4-8-15-9-7-12-6-5-11(2)13(14)10-12;1-2/h5-6,10,15H,3-4,7-9,14H2,1-2H3;2H,1H3. The summed E-state index contributed by atoms with van der Waals surface area (Å²) >= 11 is 0. The minimum absolute atomic E-state index is 0.904. The van der Waals surface area contributed by atoms with E-state index in [1.54, 1.807) is 0 Å². The minimum atomic E-state index is 0.904. The third-order valence-corrected chi connectivity index (χ3v) is 2.64. The molecule has 0 amide bonds. The Balaban J connectivity index is 0.00000121. The van der Waals surface area contributed by atoms with Gasteiger partial charge in [-0.05, 0) is 50.0 Å². The smallest absolute Gasteiger partial charge is 0.0346 e. The quantitative estimate of drug-likeness (QED) is 0.525. The molecule has 0 spiro atoms. The van der Waals surface area contributed by atoms with Crippen LogP contribution in [0, 0.1) is 6.92 Å². The molecule has 0 unspecified atom stereocenters. The van der Waals surface area contributed by atoms with Crippen molar-refractivity contribution in [3.05, 3.63) is 29.3 Å². The summed E-state index contributed by atoms with van der Waals surface area (Å²) in [6, 6.07) is 6.33. The average Bonchev–Trinajstić information content (AvgIpc) is 2.36. The van der Waals surface area contributed by atoms with Crippen molar-refractivity contribution < 1.29 is 5.11 Å². The molecule has 0 saturated heterocycles. The molecule has 0 aliphatic rings. The maximum absolute atomic E-state index is 7.00. The highest BCUT2D eigenvalue weighted by atomic mass is 16.2. The number of nitrogens with two attached hydrogens (primary N) is 1. The third kappa shape index (κ3) is 6.97. The largest absolute Gasteiger partial charge is 0.400 e. The number of aliphatic hydroxyl groups is 1. The summed E-state index contributed by atoms with van der Waals surface area (Å²) in [5.74, 6) is 0. The monoisotopic (exact) mass is 238 g/mol. The number of nitrogens with one attached hydrogen (secondary N) is 1. The van der Waals surface area contributed by atoms with E-state index in [0.29, 0.717) is 0 Å². The van der Waals surface area contributed by atoms with E-state index in [0.717, 1.165) is 37.9 Å². The molecule has 0 saturated carbocycles. The Morgan fingerprint density at radius 2 is 1.94 bits per heavy atom. The SMILES string of the molecule is CCCCNCCc1ccc(C)c(N)c1.CO. The van der Waals surface area contributed by atoms with Crippen LogP contribution in [0.15, 0.2) is 18.2 Å². The van der Waals surface area contributed by atoms with E-state index in [2.05, 4.69) is 30.4 Å². The van der Waals surface area contributed by atoms with Gasteiger partial charge in [0.25, 0.3) is 0 Å². The van der Waals surface area contributed by atoms with Gasteiger partial charge in [0.05, 0.1) is 0 Å². The molecule has 0 radical (unpaired) electrons. The lowest BCUT2D eigenvalue weighted by Crippen LogP contribution is -2.18. The third-order valence-electron chi connectivity index (χ3n) is 2.64. The summed E-state index contributed by atoms with van der Waals surface area (Å²) in [4.78, 5) is 0. The lowest BCUT2D eigenvalue weighted by atomic mass is 10.1. The zero-order chi connectivity index (χ0) is 13.1. The fourth-order valence-corrected chi connectivity index (χ4v) is 1.50. The van der Waals surface area contributed by atoms with Gasteiger partial charge in [-0.1, -0.05) is 25.5 Å². The molecule has 3 nitrogen and oxygen atoms in total. The molecule has 0 fully saturated rings. The normalized spacial score (nSPS) is 9.65. The molecule has 1 rings (SSSR count). The minimum Gasteiger partial charge on any atom is -0.400 e. The molecule has 1 aromatic rings. The van der Waals surface area contributed by atoms with Crippen molar-refractivity contribution >= 4 is 5.69 Å². The molecule has 17 heavy (non-hydrogen) atoms. The Bertz CT molecular complexity index is 300. The molecule has 0 aromatic heterocycles. The molecule has 0 atom stereocenters. The zero-order valence-corrected chi connectivity index (χ0v) is 11.3. The van der Waals surface area contributed by atoms with Crippen molar-refractivity contribution in [2.75, 3.05) is 25.9 Å². The lowest BCUT2D eigenvalue weighted by molar-refractivity contribution is 0.399. The number of nitrogen functional groups attached to an aromatic ring is 1. The first-order chi connectivity index (χ1) is 8.24. The van der Waals surface area contributed by atoms with Crippen LogP contribution in [0.2, 0.25) is 0 Å². The first-order valence-electron chi connectivity index (χ1n) is 6.24. The van der Waals surface area contributed by atoms with Crippen LogP contribution in [0.5, 0.6) is 0 Å². The van der Waals surface area contributed by atoms with E-state index in [-0.39, 0.29) is 0 Å². The molecule has 98 valence electrons. The van der Waals surface area contributed by atoms with Crippen molar-refractivity contribution in [3.8, 4) is 0 Å². The van der Waals surface area contributed by atoms with E-state index < -0.39 is 0 Å². The summed E-state index contributed by atoms with van der Waals surface area (Å²) in [6.45, 7) is 6.42. The summed E-state index contributed by atoms with van der Waals surface area (Å²) in [5, 5.41) is 10.4. The molecular weight excluding hydrogens is 212 g/mol. The fraction of sp³-hybridized carbons (Fsp3) is 0.571. The number of hydrogen-bond acceptors (Lipinski definition) is 3. The zero-order valence-electron chi connectivity index (χ0n) is 11.3. The molecule has 0 aliphatic heterocycles. The highest BCUT2D eigenvalue weighted by molar-refractivity contribution is 5.48. The van der Waals surface area contributed by atoms with Crippen LogP contribution in [0.1, 0.15) is 30.9 Å². The Morgan fingerprint density at radius 1 is 1.24 bits per heavy atom. The summed E-state index contributed by atoms with van der Waals surface area (Å²) < 4.78 is 0. The van der Waals surface area contributed by atoms with Gasteiger partial charge >= 0.3 is 0 Å². The van der Waals surface area contributed by atoms with Crippen molar-refractivity contribution in [2.24, 2.45) is 0 Å². The number of rotatable bonds is 6. The summed E-state index contributed by atoms with van der Waals surface area (Å²) in [5.41, 5.74) is 9.24. The second-order valence-corrected chi connectivity index (χ2v) is 4.04. The van der Waals surface area contributed by atoms with E-state index in [9.17, 15) is 0 Å². The van der Waals surface area contributed by atoms with Crippen LogP contribution in [-0.2, 0) is 6.42 Å². The van der Waals surface area contributed by atoms with Gasteiger partial charge in [0.15, 0.2) is 0 Å². The van der Waals surface area contributed by atoms with Gasteiger partial charge in [-0.15, -0.1) is 0 Å². The van der Waals surface area contributed by atoms with E-state index >= 15 is 0 Å². The second-order valence-electron chi connectivity index (χ2n) is 4.04. The Morgan fingerprint density at radius 3 is 2.53 bits per heavy atom. The maximum Gasteiger partial charge on any atom is 0.0346 e.